The molecule has 0 fully saturated rings. The van der Waals surface area contributed by atoms with E-state index >= 15 is 0 Å². The summed E-state index contributed by atoms with van der Waals surface area (Å²) in [7, 11) is 0. The molecule has 52 valence electrons. The molecule has 1 heteroatoms. The third kappa shape index (κ3) is 19.1. The average Bonchev–Trinajstić information content (AvgIpc) is 1.88. The number of rotatable bonds is 2. The van der Waals surface area contributed by atoms with Crippen LogP contribution in [0.5, 0.6) is 0 Å². The van der Waals surface area contributed by atoms with Gasteiger partial charge < -0.3 is 5.11 Å². The zero-order valence-corrected chi connectivity index (χ0v) is 5.93. The van der Waals surface area contributed by atoms with E-state index in [9.17, 15) is 0 Å². The van der Waals surface area contributed by atoms with Crippen LogP contribution >= 0.6 is 0 Å². The van der Waals surface area contributed by atoms with E-state index in [-0.39, 0.29) is 6.61 Å². The van der Waals surface area contributed by atoms with Gasteiger partial charge in [-0.3, -0.25) is 0 Å². The van der Waals surface area contributed by atoms with E-state index in [0.29, 0.717) is 5.57 Å². The van der Waals surface area contributed by atoms with Crippen molar-refractivity contribution in [1.29, 1.82) is 0 Å². The second kappa shape index (κ2) is 10.2. The van der Waals surface area contributed by atoms with Gasteiger partial charge in [0.2, 0.25) is 0 Å². The van der Waals surface area contributed by atoms with E-state index in [1.807, 2.05) is 6.92 Å². The summed E-state index contributed by atoms with van der Waals surface area (Å²) < 4.78 is 0. The van der Waals surface area contributed by atoms with Crippen LogP contribution in [0.25, 0.3) is 0 Å². The lowest BCUT2D eigenvalue weighted by Crippen LogP contribution is -1.79. The highest BCUT2D eigenvalue weighted by Crippen LogP contribution is 1.83. The van der Waals surface area contributed by atoms with Crippen LogP contribution in [0.15, 0.2) is 37.5 Å². The topological polar surface area (TPSA) is 20.2 Å². The molecule has 0 heterocycles. The van der Waals surface area contributed by atoms with Gasteiger partial charge in [-0.05, 0) is 12.5 Å². The van der Waals surface area contributed by atoms with Gasteiger partial charge in [0.25, 0.3) is 0 Å². The van der Waals surface area contributed by atoms with Crippen molar-refractivity contribution < 1.29 is 5.11 Å². The van der Waals surface area contributed by atoms with Crippen LogP contribution in [-0.4, -0.2) is 11.7 Å². The molecule has 0 aliphatic heterocycles. The molecule has 0 saturated heterocycles. The van der Waals surface area contributed by atoms with Gasteiger partial charge in [0.05, 0.1) is 6.61 Å². The average molecular weight is 126 g/mol. The molecule has 0 spiro atoms. The van der Waals surface area contributed by atoms with Gasteiger partial charge in [-0.1, -0.05) is 25.3 Å². The Morgan fingerprint density at radius 1 is 1.56 bits per heavy atom. The third-order valence-electron chi connectivity index (χ3n) is 0.492. The third-order valence-corrected chi connectivity index (χ3v) is 0.492. The van der Waals surface area contributed by atoms with Crippen molar-refractivity contribution in [3.05, 3.63) is 37.5 Å². The largest absolute Gasteiger partial charge is 0.392 e. The van der Waals surface area contributed by atoms with E-state index in [4.69, 9.17) is 5.11 Å². The molecule has 1 nitrogen and oxygen atoms in total. The summed E-state index contributed by atoms with van der Waals surface area (Å²) in [5.41, 5.74) is 0.662. The molecule has 9 heavy (non-hydrogen) atoms. The lowest BCUT2D eigenvalue weighted by molar-refractivity contribution is 0.335. The molecule has 0 aromatic carbocycles. The van der Waals surface area contributed by atoms with Crippen molar-refractivity contribution in [2.75, 3.05) is 6.61 Å². The van der Waals surface area contributed by atoms with E-state index in [0.717, 1.165) is 0 Å². The fourth-order valence-electron chi connectivity index (χ4n) is 0.0645. The first kappa shape index (κ1) is 11.0. The van der Waals surface area contributed by atoms with Gasteiger partial charge in [-0.2, -0.15) is 0 Å². The van der Waals surface area contributed by atoms with Crippen molar-refractivity contribution in [2.45, 2.75) is 6.92 Å². The Bertz CT molecular complexity index is 92.7. The maximum absolute atomic E-state index is 8.16. The van der Waals surface area contributed by atoms with E-state index in [1.54, 1.807) is 6.08 Å². The summed E-state index contributed by atoms with van der Waals surface area (Å²) in [6.07, 6.45) is 3.28. The predicted octanol–water partition coefficient (Wildman–Crippen LogP) is 1.91. The fourth-order valence-corrected chi connectivity index (χ4v) is 0.0645. The normalized spacial score (nSPS) is 6.44. The quantitative estimate of drug-likeness (QED) is 0.442. The standard InChI is InChI=1S/C5H8O.C3H6/c1-3-5(2)4-6;1-3-2/h3,6H,1-2,4H2;3H,1H2,2H3. The van der Waals surface area contributed by atoms with Crippen LogP contribution in [-0.2, 0) is 0 Å². The summed E-state index contributed by atoms with van der Waals surface area (Å²) in [6.45, 7) is 12.1. The monoisotopic (exact) mass is 126 g/mol. The Balaban J connectivity index is 0. The Kier molecular flexibility index (Phi) is 12.5. The summed E-state index contributed by atoms with van der Waals surface area (Å²) in [5, 5.41) is 8.16. The van der Waals surface area contributed by atoms with Gasteiger partial charge >= 0.3 is 0 Å². The maximum atomic E-state index is 8.16. The van der Waals surface area contributed by atoms with Crippen LogP contribution < -0.4 is 0 Å². The maximum Gasteiger partial charge on any atom is 0.0675 e. The second-order valence-electron chi connectivity index (χ2n) is 1.43. The van der Waals surface area contributed by atoms with Crippen LogP contribution in [0.3, 0.4) is 0 Å². The summed E-state index contributed by atoms with van der Waals surface area (Å²) in [4.78, 5) is 0. The second-order valence-corrected chi connectivity index (χ2v) is 1.43. The molecule has 0 bridgehead atoms. The minimum Gasteiger partial charge on any atom is -0.392 e. The lowest BCUT2D eigenvalue weighted by Gasteiger charge is -1.83. The number of aliphatic hydroxyl groups excluding tert-OH is 1. The van der Waals surface area contributed by atoms with Crippen molar-refractivity contribution in [3.63, 3.8) is 0 Å². The molecule has 0 unspecified atom stereocenters. The Hall–Kier alpha value is -0.820. The van der Waals surface area contributed by atoms with E-state index in [1.165, 1.54) is 6.08 Å². The molecule has 0 aromatic heterocycles. The van der Waals surface area contributed by atoms with Crippen molar-refractivity contribution >= 4 is 0 Å². The van der Waals surface area contributed by atoms with Gasteiger partial charge in [0, 0.05) is 0 Å². The fraction of sp³-hybridized carbons (Fsp3) is 0.250. The van der Waals surface area contributed by atoms with Crippen LogP contribution in [0.2, 0.25) is 0 Å². The van der Waals surface area contributed by atoms with Gasteiger partial charge in [-0.15, -0.1) is 6.58 Å². The van der Waals surface area contributed by atoms with Gasteiger partial charge in [-0.25, -0.2) is 0 Å². The summed E-state index contributed by atoms with van der Waals surface area (Å²) in [6, 6.07) is 0. The molecule has 1 N–H and O–H groups in total. The molecule has 0 saturated carbocycles. The molecule has 0 atom stereocenters. The highest BCUT2D eigenvalue weighted by Gasteiger charge is 1.74. The Morgan fingerprint density at radius 3 is 1.89 bits per heavy atom. The van der Waals surface area contributed by atoms with Gasteiger partial charge in [0.15, 0.2) is 0 Å². The number of allylic oxidation sites excluding steroid dienone is 1. The molecule has 0 radical (unpaired) electrons. The molecule has 0 aliphatic carbocycles. The first-order chi connectivity index (χ1) is 4.22. The highest BCUT2D eigenvalue weighted by molar-refractivity contribution is 5.10. The van der Waals surface area contributed by atoms with Crippen LogP contribution in [0.1, 0.15) is 6.92 Å². The number of hydrogen-bond donors (Lipinski definition) is 1. The Labute approximate surface area is 57.0 Å². The van der Waals surface area contributed by atoms with Gasteiger partial charge in [0.1, 0.15) is 0 Å². The first-order valence-corrected chi connectivity index (χ1v) is 2.71. The lowest BCUT2D eigenvalue weighted by atomic mass is 10.3. The molecular formula is C8H14O. The minimum absolute atomic E-state index is 0.0174. The highest BCUT2D eigenvalue weighted by atomic mass is 16.3. The zero-order chi connectivity index (χ0) is 7.70. The number of hydrogen-bond acceptors (Lipinski definition) is 1. The molecular weight excluding hydrogens is 112 g/mol. The SMILES string of the molecule is C=CC.C=CC(=C)CO. The van der Waals surface area contributed by atoms with Crippen molar-refractivity contribution in [2.24, 2.45) is 0 Å². The van der Waals surface area contributed by atoms with Crippen molar-refractivity contribution in [1.82, 2.24) is 0 Å². The van der Waals surface area contributed by atoms with Crippen molar-refractivity contribution in [3.8, 4) is 0 Å². The molecule has 0 aromatic rings. The Morgan fingerprint density at radius 2 is 1.89 bits per heavy atom. The molecule has 0 amide bonds. The van der Waals surface area contributed by atoms with Crippen LogP contribution in [0, 0.1) is 0 Å². The van der Waals surface area contributed by atoms with E-state index < -0.39 is 0 Å². The smallest absolute Gasteiger partial charge is 0.0675 e. The predicted molar refractivity (Wildman–Crippen MR) is 42.3 cm³/mol. The zero-order valence-electron chi connectivity index (χ0n) is 5.93. The number of aliphatic hydroxyl groups is 1. The molecule has 0 aliphatic rings. The van der Waals surface area contributed by atoms with E-state index in [2.05, 4.69) is 19.7 Å². The summed E-state index contributed by atoms with van der Waals surface area (Å²) in [5.74, 6) is 0. The first-order valence-electron chi connectivity index (χ1n) is 2.71. The minimum atomic E-state index is 0.0174. The van der Waals surface area contributed by atoms with Crippen LogP contribution in [0.4, 0.5) is 0 Å². The summed E-state index contributed by atoms with van der Waals surface area (Å²) >= 11 is 0. The molecule has 0 rings (SSSR count).